The number of carboxylic acid groups (broad SMARTS) is 1. The highest BCUT2D eigenvalue weighted by atomic mass is 35.5. The molecule has 0 aliphatic heterocycles. The summed E-state index contributed by atoms with van der Waals surface area (Å²) in [4.78, 5) is 23.5. The molecule has 2 aromatic rings. The van der Waals surface area contributed by atoms with Gasteiger partial charge in [0.2, 0.25) is 0 Å². The molecular formula is C19H17ClF3NO3. The van der Waals surface area contributed by atoms with E-state index >= 15 is 0 Å². The fourth-order valence-electron chi connectivity index (χ4n) is 2.47. The van der Waals surface area contributed by atoms with Crippen LogP contribution in [0.5, 0.6) is 0 Å². The van der Waals surface area contributed by atoms with Crippen molar-refractivity contribution in [3.05, 3.63) is 70.2 Å². The molecule has 1 atom stereocenters. The molecule has 0 fully saturated rings. The molecule has 8 heteroatoms. The topological polar surface area (TPSA) is 66.4 Å². The Kier molecular flexibility index (Phi) is 6.85. The molecule has 0 radical (unpaired) electrons. The molecule has 2 rings (SSSR count). The van der Waals surface area contributed by atoms with Crippen LogP contribution in [-0.2, 0) is 11.2 Å². The minimum Gasteiger partial charge on any atom is -0.481 e. The molecule has 4 nitrogen and oxygen atoms in total. The van der Waals surface area contributed by atoms with Gasteiger partial charge in [0.05, 0.1) is 12.5 Å². The zero-order chi connectivity index (χ0) is 20.0. The summed E-state index contributed by atoms with van der Waals surface area (Å²) in [6, 6.07) is 11.4. The number of rotatable bonds is 7. The Bertz CT molecular complexity index is 789. The van der Waals surface area contributed by atoms with Crippen LogP contribution in [0.2, 0.25) is 5.02 Å². The number of hydrogen-bond donors (Lipinski definition) is 2. The maximum absolute atomic E-state index is 12.4. The van der Waals surface area contributed by atoms with E-state index in [2.05, 4.69) is 5.32 Å². The lowest BCUT2D eigenvalue weighted by atomic mass is 10.0. The summed E-state index contributed by atoms with van der Waals surface area (Å²) >= 11 is 5.82. The van der Waals surface area contributed by atoms with E-state index in [1.807, 2.05) is 0 Å². The highest BCUT2D eigenvalue weighted by Crippen LogP contribution is 2.23. The largest absolute Gasteiger partial charge is 0.481 e. The maximum atomic E-state index is 12.4. The van der Waals surface area contributed by atoms with Gasteiger partial charge in [0.15, 0.2) is 0 Å². The van der Waals surface area contributed by atoms with E-state index in [1.165, 1.54) is 24.3 Å². The zero-order valence-electron chi connectivity index (χ0n) is 14.1. The van der Waals surface area contributed by atoms with Crippen molar-refractivity contribution in [2.45, 2.75) is 31.5 Å². The predicted octanol–water partition coefficient (Wildman–Crippen LogP) is 4.78. The van der Waals surface area contributed by atoms with Crippen LogP contribution in [0.3, 0.4) is 0 Å². The molecule has 2 N–H and O–H groups in total. The first-order valence-corrected chi connectivity index (χ1v) is 8.45. The Morgan fingerprint density at radius 1 is 1.04 bits per heavy atom. The lowest BCUT2D eigenvalue weighted by molar-refractivity contribution is -0.137. The van der Waals surface area contributed by atoms with Crippen molar-refractivity contribution in [3.63, 3.8) is 0 Å². The fourth-order valence-corrected chi connectivity index (χ4v) is 2.60. The van der Waals surface area contributed by atoms with Gasteiger partial charge < -0.3 is 10.4 Å². The number of carboxylic acids is 1. The Hall–Kier alpha value is -2.54. The molecule has 0 saturated heterocycles. The van der Waals surface area contributed by atoms with Crippen molar-refractivity contribution in [3.8, 4) is 0 Å². The van der Waals surface area contributed by atoms with E-state index in [-0.39, 0.29) is 18.4 Å². The number of hydrogen-bond acceptors (Lipinski definition) is 2. The maximum Gasteiger partial charge on any atom is 0.389 e. The number of carbonyl (C=O) groups is 2. The number of carbonyl (C=O) groups excluding carboxylic acids is 1. The summed E-state index contributed by atoms with van der Waals surface area (Å²) in [5, 5.41) is 12.2. The van der Waals surface area contributed by atoms with Crippen molar-refractivity contribution in [1.82, 2.24) is 5.32 Å². The zero-order valence-corrected chi connectivity index (χ0v) is 14.8. The minimum atomic E-state index is -4.24. The molecule has 1 unspecified atom stereocenters. The van der Waals surface area contributed by atoms with Gasteiger partial charge in [-0.25, -0.2) is 0 Å². The van der Waals surface area contributed by atoms with Crippen molar-refractivity contribution in [2.24, 2.45) is 0 Å². The first-order chi connectivity index (χ1) is 12.6. The quantitative estimate of drug-likeness (QED) is 0.704. The van der Waals surface area contributed by atoms with E-state index < -0.39 is 30.5 Å². The van der Waals surface area contributed by atoms with Crippen LogP contribution < -0.4 is 5.32 Å². The molecular weight excluding hydrogens is 383 g/mol. The SMILES string of the molecule is O=C(O)CC(NC(=O)c1ccc(CCC(F)(F)F)cc1)c1ccc(Cl)cc1. The Labute approximate surface area is 159 Å². The summed E-state index contributed by atoms with van der Waals surface area (Å²) in [6.07, 6.45) is -5.66. The summed E-state index contributed by atoms with van der Waals surface area (Å²) in [6.45, 7) is 0. The molecule has 27 heavy (non-hydrogen) atoms. The highest BCUT2D eigenvalue weighted by molar-refractivity contribution is 6.30. The van der Waals surface area contributed by atoms with E-state index in [4.69, 9.17) is 16.7 Å². The predicted molar refractivity (Wildman–Crippen MR) is 94.7 cm³/mol. The van der Waals surface area contributed by atoms with Crippen LogP contribution >= 0.6 is 11.6 Å². The van der Waals surface area contributed by atoms with Gasteiger partial charge in [-0.05, 0) is 41.8 Å². The van der Waals surface area contributed by atoms with Crippen LogP contribution in [-0.4, -0.2) is 23.2 Å². The van der Waals surface area contributed by atoms with Crippen molar-refractivity contribution in [2.75, 3.05) is 0 Å². The molecule has 2 aromatic carbocycles. The fraction of sp³-hybridized carbons (Fsp3) is 0.263. The number of halogens is 4. The smallest absolute Gasteiger partial charge is 0.389 e. The van der Waals surface area contributed by atoms with Gasteiger partial charge in [0, 0.05) is 17.0 Å². The Morgan fingerprint density at radius 2 is 1.63 bits per heavy atom. The van der Waals surface area contributed by atoms with E-state index in [0.29, 0.717) is 16.1 Å². The molecule has 1 amide bonds. The van der Waals surface area contributed by atoms with Crippen molar-refractivity contribution >= 4 is 23.5 Å². The third kappa shape index (κ3) is 6.94. The second kappa shape index (κ2) is 8.90. The van der Waals surface area contributed by atoms with Crippen LogP contribution in [0, 0.1) is 0 Å². The monoisotopic (exact) mass is 399 g/mol. The molecule has 0 bridgehead atoms. The molecule has 0 heterocycles. The number of alkyl halides is 3. The van der Waals surface area contributed by atoms with Gasteiger partial charge in [-0.3, -0.25) is 9.59 Å². The second-order valence-electron chi connectivity index (χ2n) is 5.99. The average Bonchev–Trinajstić information content (AvgIpc) is 2.59. The molecule has 0 aliphatic carbocycles. The Morgan fingerprint density at radius 3 is 2.15 bits per heavy atom. The minimum absolute atomic E-state index is 0.169. The molecule has 144 valence electrons. The van der Waals surface area contributed by atoms with Gasteiger partial charge in [-0.1, -0.05) is 35.9 Å². The number of nitrogens with one attached hydrogen (secondary N) is 1. The van der Waals surface area contributed by atoms with Gasteiger partial charge in [-0.2, -0.15) is 13.2 Å². The first-order valence-electron chi connectivity index (χ1n) is 8.08. The van der Waals surface area contributed by atoms with Crippen molar-refractivity contribution in [1.29, 1.82) is 0 Å². The number of benzene rings is 2. The van der Waals surface area contributed by atoms with Crippen LogP contribution in [0.15, 0.2) is 48.5 Å². The standard InChI is InChI=1S/C19H17ClF3NO3/c20-15-7-5-13(6-8-15)16(11-17(25)26)24-18(27)14-3-1-12(2-4-14)9-10-19(21,22)23/h1-8,16H,9-11H2,(H,24,27)(H,25,26). The third-order valence-electron chi connectivity index (χ3n) is 3.87. The normalized spacial score (nSPS) is 12.4. The van der Waals surface area contributed by atoms with Crippen LogP contribution in [0.1, 0.15) is 40.4 Å². The van der Waals surface area contributed by atoms with E-state index in [0.717, 1.165) is 0 Å². The number of amides is 1. The van der Waals surface area contributed by atoms with Gasteiger partial charge in [0.25, 0.3) is 5.91 Å². The summed E-state index contributed by atoms with van der Waals surface area (Å²) in [7, 11) is 0. The van der Waals surface area contributed by atoms with Crippen LogP contribution in [0.25, 0.3) is 0 Å². The van der Waals surface area contributed by atoms with Gasteiger partial charge in [-0.15, -0.1) is 0 Å². The van der Waals surface area contributed by atoms with Crippen molar-refractivity contribution < 1.29 is 27.9 Å². The Balaban J connectivity index is 2.08. The summed E-state index contributed by atoms with van der Waals surface area (Å²) < 4.78 is 36.8. The first kappa shape index (κ1) is 20.8. The van der Waals surface area contributed by atoms with E-state index in [1.54, 1.807) is 24.3 Å². The lowest BCUT2D eigenvalue weighted by Crippen LogP contribution is -2.30. The third-order valence-corrected chi connectivity index (χ3v) is 4.12. The summed E-state index contributed by atoms with van der Waals surface area (Å²) in [5.74, 6) is -1.60. The molecule has 0 aromatic heterocycles. The second-order valence-corrected chi connectivity index (χ2v) is 6.42. The molecule has 0 aliphatic rings. The van der Waals surface area contributed by atoms with E-state index in [9.17, 15) is 22.8 Å². The molecule has 0 saturated carbocycles. The number of aryl methyl sites for hydroxylation is 1. The highest BCUT2D eigenvalue weighted by Gasteiger charge is 2.26. The average molecular weight is 400 g/mol. The van der Waals surface area contributed by atoms with Gasteiger partial charge >= 0.3 is 12.1 Å². The van der Waals surface area contributed by atoms with Gasteiger partial charge in [0.1, 0.15) is 0 Å². The van der Waals surface area contributed by atoms with Crippen LogP contribution in [0.4, 0.5) is 13.2 Å². The lowest BCUT2D eigenvalue weighted by Gasteiger charge is -2.18. The molecule has 0 spiro atoms. The summed E-state index contributed by atoms with van der Waals surface area (Å²) in [5.41, 5.74) is 1.27. The number of aliphatic carboxylic acids is 1.